The lowest BCUT2D eigenvalue weighted by Gasteiger charge is -2.30. The fraction of sp³-hybridized carbons (Fsp3) is 0.0566. The largest absolute Gasteiger partial charge is 0.309 e. The average molecular weight is 1430 g/mol. The van der Waals surface area contributed by atoms with Crippen LogP contribution in [0.4, 0.5) is 0 Å². The molecule has 0 N–H and O–H groups in total. The molecule has 0 atom stereocenters. The maximum absolute atomic E-state index is 2.54. The molecule has 26 rings (SSSR count). The van der Waals surface area contributed by atoms with Gasteiger partial charge in [0.05, 0.1) is 66.2 Å². The van der Waals surface area contributed by atoms with Crippen LogP contribution in [0.2, 0.25) is 0 Å². The van der Waals surface area contributed by atoms with Crippen molar-refractivity contribution in [2.75, 3.05) is 0 Å². The van der Waals surface area contributed by atoms with E-state index in [2.05, 4.69) is 407 Å². The highest BCUT2D eigenvalue weighted by molar-refractivity contribution is 6.29. The van der Waals surface area contributed by atoms with Gasteiger partial charge in [-0.1, -0.05) is 234 Å². The van der Waals surface area contributed by atoms with E-state index in [1.807, 2.05) is 0 Å². The summed E-state index contributed by atoms with van der Waals surface area (Å²) in [6, 6.07) is 131. The molecule has 4 aliphatic heterocycles. The van der Waals surface area contributed by atoms with Gasteiger partial charge in [0.1, 0.15) is 0 Å². The molecular weight excluding hydrogens is 1360 g/mol. The number of aromatic nitrogens is 6. The zero-order valence-electron chi connectivity index (χ0n) is 62.2. The molecule has 0 fully saturated rings. The van der Waals surface area contributed by atoms with Crippen LogP contribution in [0.3, 0.4) is 0 Å². The highest BCUT2D eigenvalue weighted by atomic mass is 15.0. The molecule has 6 aliphatic rings. The Morgan fingerprint density at radius 3 is 0.804 bits per heavy atom. The zero-order valence-corrected chi connectivity index (χ0v) is 62.2. The third kappa shape index (κ3) is 8.11. The summed E-state index contributed by atoms with van der Waals surface area (Å²) in [6.07, 6.45) is 0. The summed E-state index contributed by atoms with van der Waals surface area (Å²) < 4.78 is 14.9. The second-order valence-corrected chi connectivity index (χ2v) is 32.3. The first-order valence-corrected chi connectivity index (χ1v) is 39.2. The standard InChI is InChI=1S/C56H34N4.C50H36N2/c1-3-15-37(16-4-1)57-45-21-9-7-19-41(45)43-33-39(27-31-47(43)57)59-49-23-11-13-35-26-30-52-56(53(35)49)55-51(59)29-25-36-14-12-24-50(54(36)55)60(52)40-28-32-48-44(34-40)42-20-8-10-22-46(42)58(48)38-17-5-2-6-18-38;1-49(2)37-15-7-5-13-33(37)35-23-21-31(27-39(35)49)51-41-17-9-11-29-20-26-44-48(45(29)41)47-43(51)25-19-30-12-10-18-42(46(30)47)52(44)32-22-24-36-34-14-6-8-16-38(34)50(3,4)40(36)28-32/h1-34H;5-28H,1-4H3. The minimum absolute atomic E-state index is 0.0775. The van der Waals surface area contributed by atoms with Crippen molar-refractivity contribution in [2.24, 2.45) is 0 Å². The van der Waals surface area contributed by atoms with Crippen LogP contribution < -0.4 is 0 Å². The Hall–Kier alpha value is -14.2. The highest BCUT2D eigenvalue weighted by Gasteiger charge is 2.39. The molecule has 2 aromatic heterocycles. The third-order valence-corrected chi connectivity index (χ3v) is 25.9. The summed E-state index contributed by atoms with van der Waals surface area (Å²) in [6.45, 7) is 9.50. The summed E-state index contributed by atoms with van der Waals surface area (Å²) in [5.41, 5.74) is 37.7. The van der Waals surface area contributed by atoms with Crippen LogP contribution in [0, 0.1) is 0 Å². The number of benzene rings is 18. The quantitative estimate of drug-likeness (QED) is 0.117. The van der Waals surface area contributed by atoms with E-state index in [4.69, 9.17) is 0 Å². The fourth-order valence-corrected chi connectivity index (χ4v) is 21.1. The fourth-order valence-electron chi connectivity index (χ4n) is 21.1. The molecule has 112 heavy (non-hydrogen) atoms. The van der Waals surface area contributed by atoms with E-state index in [-0.39, 0.29) is 10.8 Å². The van der Waals surface area contributed by atoms with Crippen molar-refractivity contribution in [3.63, 3.8) is 0 Å². The van der Waals surface area contributed by atoms with Gasteiger partial charge >= 0.3 is 0 Å². The summed E-state index contributed by atoms with van der Waals surface area (Å²) in [5, 5.41) is 15.2. The molecule has 0 unspecified atom stereocenters. The molecule has 0 bridgehead atoms. The molecule has 0 amide bonds. The van der Waals surface area contributed by atoms with Crippen LogP contribution >= 0.6 is 0 Å². The molecule has 18 aromatic carbocycles. The Morgan fingerprint density at radius 2 is 0.438 bits per heavy atom. The Kier molecular flexibility index (Phi) is 12.3. The van der Waals surface area contributed by atoms with Crippen LogP contribution in [0.5, 0.6) is 0 Å². The highest BCUT2D eigenvalue weighted by Crippen LogP contribution is 2.56. The number of hydrogen-bond acceptors (Lipinski definition) is 0. The normalized spacial score (nSPS) is 13.7. The Balaban J connectivity index is 0.000000128. The van der Waals surface area contributed by atoms with E-state index in [0.29, 0.717) is 0 Å². The van der Waals surface area contributed by atoms with E-state index < -0.39 is 0 Å². The zero-order chi connectivity index (χ0) is 73.7. The van der Waals surface area contributed by atoms with Crippen molar-refractivity contribution in [1.82, 2.24) is 27.4 Å². The smallest absolute Gasteiger partial charge is 0.0548 e. The molecular formula is C106H70N6. The van der Waals surface area contributed by atoms with Crippen LogP contribution in [-0.2, 0) is 10.8 Å². The average Bonchev–Trinajstić information content (AvgIpc) is 0.916. The van der Waals surface area contributed by atoms with E-state index in [1.165, 1.54) is 209 Å². The Bertz CT molecular complexity index is 7580. The summed E-state index contributed by atoms with van der Waals surface area (Å²) in [5.74, 6) is 0. The Labute approximate surface area is 645 Å². The Morgan fingerprint density at radius 1 is 0.170 bits per heavy atom. The summed E-state index contributed by atoms with van der Waals surface area (Å²) in [7, 11) is 0. The molecule has 0 saturated carbocycles. The first kappa shape index (κ1) is 61.8. The topological polar surface area (TPSA) is 29.6 Å². The molecule has 0 saturated heterocycles. The summed E-state index contributed by atoms with van der Waals surface area (Å²) >= 11 is 0. The maximum atomic E-state index is 2.54. The van der Waals surface area contributed by atoms with Crippen LogP contribution in [0.1, 0.15) is 49.9 Å². The maximum Gasteiger partial charge on any atom is 0.0548 e. The van der Waals surface area contributed by atoms with Gasteiger partial charge in [-0.25, -0.2) is 0 Å². The number of rotatable bonds is 6. The second kappa shape index (κ2) is 22.3. The molecule has 0 spiro atoms. The van der Waals surface area contributed by atoms with Gasteiger partial charge in [0.25, 0.3) is 0 Å². The molecule has 6 nitrogen and oxygen atoms in total. The first-order chi connectivity index (χ1) is 55.1. The van der Waals surface area contributed by atoms with Gasteiger partial charge in [-0.05, 0) is 212 Å². The number of hydrogen-bond donors (Lipinski definition) is 0. The van der Waals surface area contributed by atoms with Gasteiger partial charge in [0.15, 0.2) is 0 Å². The van der Waals surface area contributed by atoms with Gasteiger partial charge in [0, 0.05) is 110 Å². The SMILES string of the molecule is CC1(C)c2ccccc2-c2ccc(-n3c4ccc5cccc6c5c4-c4c5c(cccc53)ccc4n6-c3ccc4c(c3)C(C)(C)c3ccccc3-4)cc21.c1ccc(-n2c3ccccc3c3cc(-n4c5ccc6cccc7c6c5-c5c6c(cccc64)ccc5n7-c4ccc5c(c4)c4ccccc4n5-c4ccccc4)ccc32)cc1. The number of nitrogens with zero attached hydrogens (tertiary/aromatic N) is 6. The lowest BCUT2D eigenvalue weighted by Crippen LogP contribution is -2.16. The van der Waals surface area contributed by atoms with Crippen molar-refractivity contribution in [2.45, 2.75) is 38.5 Å². The van der Waals surface area contributed by atoms with E-state index in [0.717, 1.165) is 22.7 Å². The van der Waals surface area contributed by atoms with Crippen molar-refractivity contribution in [3.05, 3.63) is 374 Å². The minimum Gasteiger partial charge on any atom is -0.309 e. The number of para-hydroxylation sites is 4. The van der Waals surface area contributed by atoms with Gasteiger partial charge in [-0.2, -0.15) is 0 Å². The van der Waals surface area contributed by atoms with Gasteiger partial charge in [-0.3, -0.25) is 0 Å². The minimum atomic E-state index is -0.0775. The number of pyridine rings is 4. The first-order valence-electron chi connectivity index (χ1n) is 39.2. The molecule has 2 aliphatic carbocycles. The molecule has 0 radical (unpaired) electrons. The lowest BCUT2D eigenvalue weighted by atomic mass is 9.82. The van der Waals surface area contributed by atoms with E-state index >= 15 is 0 Å². The van der Waals surface area contributed by atoms with E-state index in [1.54, 1.807) is 0 Å². The lowest BCUT2D eigenvalue weighted by molar-refractivity contribution is 0.659. The van der Waals surface area contributed by atoms with Crippen LogP contribution in [-0.4, -0.2) is 27.4 Å². The van der Waals surface area contributed by atoms with Crippen molar-refractivity contribution in [1.29, 1.82) is 0 Å². The predicted molar refractivity (Wildman–Crippen MR) is 470 cm³/mol. The van der Waals surface area contributed by atoms with Crippen LogP contribution in [0.25, 0.3) is 209 Å². The predicted octanol–water partition coefficient (Wildman–Crippen LogP) is 27.7. The van der Waals surface area contributed by atoms with Gasteiger partial charge < -0.3 is 27.4 Å². The monoisotopic (exact) mass is 1430 g/mol. The molecule has 6 heteroatoms. The molecule has 6 heterocycles. The van der Waals surface area contributed by atoms with Crippen LogP contribution in [0.15, 0.2) is 352 Å². The van der Waals surface area contributed by atoms with Gasteiger partial charge in [-0.15, -0.1) is 0 Å². The van der Waals surface area contributed by atoms with Crippen molar-refractivity contribution < 1.29 is 0 Å². The summed E-state index contributed by atoms with van der Waals surface area (Å²) in [4.78, 5) is 0. The van der Waals surface area contributed by atoms with Crippen molar-refractivity contribution >= 4 is 131 Å². The third-order valence-electron chi connectivity index (χ3n) is 25.9. The molecule has 524 valence electrons. The van der Waals surface area contributed by atoms with Crippen molar-refractivity contribution in [3.8, 4) is 78.6 Å². The van der Waals surface area contributed by atoms with E-state index in [9.17, 15) is 0 Å². The second-order valence-electron chi connectivity index (χ2n) is 32.3. The number of fused-ring (bicyclic) bond motifs is 12. The molecule has 20 aromatic rings. The van der Waals surface area contributed by atoms with Gasteiger partial charge in [0.2, 0.25) is 0 Å².